The first kappa shape index (κ1) is 11.8. The third-order valence-corrected chi connectivity index (χ3v) is 1.86. The molecular formula is C8H10O4S. The van der Waals surface area contributed by atoms with Gasteiger partial charge in [0.15, 0.2) is 0 Å². The molecule has 0 aliphatic rings. The fraction of sp³-hybridized carbons (Fsp3) is 0.250. The molecule has 0 amide bonds. The standard InChI is InChI=1S/C8H10O4S/c1-5(3-7(9)10)13-6(2)4-8(11)12/h3-4H,1-2H3,(H,9,10)(H,11,12)/b5-3+,6-4+. The molecule has 72 valence electrons. The average Bonchev–Trinajstić information content (AvgIpc) is 1.80. The summed E-state index contributed by atoms with van der Waals surface area (Å²) in [5.74, 6) is -2.07. The third-order valence-electron chi connectivity index (χ3n) is 0.975. The Labute approximate surface area is 79.9 Å². The molecule has 5 heteroatoms. The average molecular weight is 202 g/mol. The first-order valence-corrected chi connectivity index (χ1v) is 4.23. The van der Waals surface area contributed by atoms with Crippen LogP contribution >= 0.6 is 11.8 Å². The van der Waals surface area contributed by atoms with Crippen molar-refractivity contribution in [3.05, 3.63) is 22.0 Å². The van der Waals surface area contributed by atoms with Crippen molar-refractivity contribution in [2.45, 2.75) is 13.8 Å². The summed E-state index contributed by atoms with van der Waals surface area (Å²) in [5.41, 5.74) is 0. The van der Waals surface area contributed by atoms with Crippen LogP contribution in [0.4, 0.5) is 0 Å². The minimum Gasteiger partial charge on any atom is -0.478 e. The summed E-state index contributed by atoms with van der Waals surface area (Å²) in [6.07, 6.45) is 2.06. The Kier molecular flexibility index (Phi) is 4.91. The van der Waals surface area contributed by atoms with Gasteiger partial charge in [0.05, 0.1) is 0 Å². The van der Waals surface area contributed by atoms with E-state index in [0.717, 1.165) is 23.9 Å². The molecule has 0 unspecified atom stereocenters. The molecule has 0 bridgehead atoms. The van der Waals surface area contributed by atoms with Gasteiger partial charge in [0, 0.05) is 12.2 Å². The van der Waals surface area contributed by atoms with E-state index in [0.29, 0.717) is 9.81 Å². The van der Waals surface area contributed by atoms with E-state index in [1.807, 2.05) is 0 Å². The van der Waals surface area contributed by atoms with Crippen LogP contribution in [0.5, 0.6) is 0 Å². The monoisotopic (exact) mass is 202 g/mol. The summed E-state index contributed by atoms with van der Waals surface area (Å²) in [6.45, 7) is 3.22. The zero-order chi connectivity index (χ0) is 10.4. The van der Waals surface area contributed by atoms with Gasteiger partial charge in [0.1, 0.15) is 0 Å². The van der Waals surface area contributed by atoms with Crippen LogP contribution in [0.2, 0.25) is 0 Å². The molecular weight excluding hydrogens is 192 g/mol. The number of allylic oxidation sites excluding steroid dienone is 2. The molecule has 0 fully saturated rings. The SMILES string of the molecule is C/C(=C\C(=O)O)S/C(C)=C/C(=O)O. The number of hydrogen-bond acceptors (Lipinski definition) is 3. The second kappa shape index (κ2) is 5.42. The zero-order valence-electron chi connectivity index (χ0n) is 7.27. The molecule has 2 N–H and O–H groups in total. The van der Waals surface area contributed by atoms with E-state index >= 15 is 0 Å². The van der Waals surface area contributed by atoms with E-state index in [9.17, 15) is 9.59 Å². The van der Waals surface area contributed by atoms with Crippen LogP contribution in [0.15, 0.2) is 22.0 Å². The fourth-order valence-corrected chi connectivity index (χ4v) is 1.49. The maximum absolute atomic E-state index is 10.2. The van der Waals surface area contributed by atoms with Gasteiger partial charge in [-0.2, -0.15) is 0 Å². The lowest BCUT2D eigenvalue weighted by Crippen LogP contribution is -1.90. The lowest BCUT2D eigenvalue weighted by atomic mass is 10.5. The van der Waals surface area contributed by atoms with Crippen LogP contribution in [0, 0.1) is 0 Å². The summed E-state index contributed by atoms with van der Waals surface area (Å²) >= 11 is 1.12. The maximum Gasteiger partial charge on any atom is 0.329 e. The Morgan fingerprint density at radius 1 is 1.00 bits per heavy atom. The summed E-state index contributed by atoms with van der Waals surface area (Å²) in [6, 6.07) is 0. The fourth-order valence-electron chi connectivity index (χ4n) is 0.661. The Bertz CT molecular complexity index is 250. The predicted molar refractivity (Wildman–Crippen MR) is 50.4 cm³/mol. The Morgan fingerprint density at radius 2 is 1.31 bits per heavy atom. The molecule has 0 heterocycles. The van der Waals surface area contributed by atoms with Gasteiger partial charge in [-0.3, -0.25) is 0 Å². The predicted octanol–water partition coefficient (Wildman–Crippen LogP) is 1.70. The van der Waals surface area contributed by atoms with Crippen LogP contribution in [0.3, 0.4) is 0 Å². The van der Waals surface area contributed by atoms with Gasteiger partial charge in [-0.15, -0.1) is 0 Å². The second-order valence-electron chi connectivity index (χ2n) is 2.29. The van der Waals surface area contributed by atoms with E-state index in [1.54, 1.807) is 13.8 Å². The lowest BCUT2D eigenvalue weighted by molar-refractivity contribution is -0.132. The van der Waals surface area contributed by atoms with Gasteiger partial charge >= 0.3 is 11.9 Å². The normalized spacial score (nSPS) is 12.8. The number of rotatable bonds is 4. The maximum atomic E-state index is 10.2. The highest BCUT2D eigenvalue weighted by molar-refractivity contribution is 8.06. The van der Waals surface area contributed by atoms with Crippen molar-refractivity contribution in [3.8, 4) is 0 Å². The van der Waals surface area contributed by atoms with Crippen molar-refractivity contribution in [2.24, 2.45) is 0 Å². The first-order valence-electron chi connectivity index (χ1n) is 3.42. The number of aliphatic carboxylic acids is 2. The van der Waals surface area contributed by atoms with Crippen molar-refractivity contribution in [1.29, 1.82) is 0 Å². The molecule has 4 nitrogen and oxygen atoms in total. The van der Waals surface area contributed by atoms with Crippen LogP contribution in [0.25, 0.3) is 0 Å². The molecule has 0 atom stereocenters. The molecule has 0 aromatic heterocycles. The van der Waals surface area contributed by atoms with Crippen molar-refractivity contribution in [2.75, 3.05) is 0 Å². The van der Waals surface area contributed by atoms with Crippen molar-refractivity contribution in [1.82, 2.24) is 0 Å². The van der Waals surface area contributed by atoms with E-state index in [4.69, 9.17) is 10.2 Å². The van der Waals surface area contributed by atoms with Gasteiger partial charge < -0.3 is 10.2 Å². The van der Waals surface area contributed by atoms with Gasteiger partial charge in [-0.05, 0) is 23.7 Å². The van der Waals surface area contributed by atoms with Gasteiger partial charge in [0.2, 0.25) is 0 Å². The van der Waals surface area contributed by atoms with Crippen LogP contribution in [0.1, 0.15) is 13.8 Å². The Balaban J connectivity index is 4.29. The molecule has 0 saturated heterocycles. The molecule has 0 aliphatic carbocycles. The van der Waals surface area contributed by atoms with Crippen LogP contribution in [-0.2, 0) is 9.59 Å². The molecule has 0 aliphatic heterocycles. The minimum atomic E-state index is -1.03. The van der Waals surface area contributed by atoms with Crippen LogP contribution in [-0.4, -0.2) is 22.2 Å². The largest absolute Gasteiger partial charge is 0.478 e. The number of carboxylic acids is 2. The Morgan fingerprint density at radius 3 is 1.54 bits per heavy atom. The van der Waals surface area contributed by atoms with Crippen molar-refractivity contribution in [3.63, 3.8) is 0 Å². The van der Waals surface area contributed by atoms with E-state index in [1.165, 1.54) is 0 Å². The molecule has 13 heavy (non-hydrogen) atoms. The van der Waals surface area contributed by atoms with Gasteiger partial charge in [-0.25, -0.2) is 9.59 Å². The lowest BCUT2D eigenvalue weighted by Gasteiger charge is -1.98. The van der Waals surface area contributed by atoms with Crippen molar-refractivity contribution >= 4 is 23.7 Å². The molecule has 0 aromatic rings. The highest BCUT2D eigenvalue weighted by Gasteiger charge is 1.98. The van der Waals surface area contributed by atoms with E-state index in [-0.39, 0.29) is 0 Å². The van der Waals surface area contributed by atoms with Gasteiger partial charge in [0.25, 0.3) is 0 Å². The quantitative estimate of drug-likeness (QED) is 0.678. The zero-order valence-corrected chi connectivity index (χ0v) is 8.09. The molecule has 0 spiro atoms. The smallest absolute Gasteiger partial charge is 0.329 e. The topological polar surface area (TPSA) is 74.6 Å². The highest BCUT2D eigenvalue weighted by Crippen LogP contribution is 2.23. The molecule has 0 radical (unpaired) electrons. The number of thioether (sulfide) groups is 1. The first-order chi connectivity index (χ1) is 5.91. The van der Waals surface area contributed by atoms with E-state index < -0.39 is 11.9 Å². The van der Waals surface area contributed by atoms with E-state index in [2.05, 4.69) is 0 Å². The number of carboxylic acid groups (broad SMARTS) is 2. The summed E-state index contributed by atoms with van der Waals surface area (Å²) in [7, 11) is 0. The highest BCUT2D eigenvalue weighted by atomic mass is 32.2. The molecule has 0 saturated carbocycles. The molecule has 0 rings (SSSR count). The summed E-state index contributed by atoms with van der Waals surface area (Å²) < 4.78 is 0. The summed E-state index contributed by atoms with van der Waals surface area (Å²) in [5, 5.41) is 16.7. The third kappa shape index (κ3) is 7.14. The molecule has 0 aromatic carbocycles. The van der Waals surface area contributed by atoms with Crippen LogP contribution < -0.4 is 0 Å². The minimum absolute atomic E-state index is 0.544. The number of carbonyl (C=O) groups is 2. The number of hydrogen-bond donors (Lipinski definition) is 2. The Hall–Kier alpha value is -1.23. The summed E-state index contributed by atoms with van der Waals surface area (Å²) in [4.78, 5) is 21.5. The second-order valence-corrected chi connectivity index (χ2v) is 3.78. The van der Waals surface area contributed by atoms with Gasteiger partial charge in [-0.1, -0.05) is 11.8 Å². The van der Waals surface area contributed by atoms with Crippen molar-refractivity contribution < 1.29 is 19.8 Å².